The van der Waals surface area contributed by atoms with Gasteiger partial charge in [0.05, 0.1) is 10.5 Å². The van der Waals surface area contributed by atoms with E-state index in [1.54, 1.807) is 0 Å². The minimum atomic E-state index is -4.80. The monoisotopic (exact) mass is 384 g/mol. The molecule has 2 aromatic rings. The minimum absolute atomic E-state index is 0.0601. The molecule has 0 unspecified atom stereocenters. The second-order valence-corrected chi connectivity index (χ2v) is 7.58. The molecule has 0 bridgehead atoms. The third kappa shape index (κ3) is 4.16. The van der Waals surface area contributed by atoms with Gasteiger partial charge in [0, 0.05) is 17.3 Å². The quantitative estimate of drug-likeness (QED) is 0.830. The van der Waals surface area contributed by atoms with Gasteiger partial charge in [-0.15, -0.1) is 0 Å². The summed E-state index contributed by atoms with van der Waals surface area (Å²) in [7, 11) is -4.44. The lowest BCUT2D eigenvalue weighted by Gasteiger charge is -2.14. The number of hydrogen-bond donors (Lipinski definition) is 2. The van der Waals surface area contributed by atoms with Gasteiger partial charge in [0.15, 0.2) is 0 Å². The van der Waals surface area contributed by atoms with Gasteiger partial charge in [0.2, 0.25) is 0 Å². The Morgan fingerprint density at radius 3 is 2.19 bits per heavy atom. The van der Waals surface area contributed by atoms with E-state index in [2.05, 4.69) is 10.0 Å². The first kappa shape index (κ1) is 18.2. The Morgan fingerprint density at radius 1 is 1.00 bits per heavy atom. The fourth-order valence-corrected chi connectivity index (χ4v) is 3.62. The normalized spacial score (nSPS) is 14.7. The maximum absolute atomic E-state index is 13.0. The van der Waals surface area contributed by atoms with Crippen molar-refractivity contribution in [2.75, 3.05) is 4.72 Å². The number of hydrogen-bond acceptors (Lipinski definition) is 3. The zero-order chi connectivity index (χ0) is 18.9. The summed E-state index contributed by atoms with van der Waals surface area (Å²) in [6.45, 7) is 0. The molecule has 9 heteroatoms. The van der Waals surface area contributed by atoms with Crippen LogP contribution in [-0.2, 0) is 16.2 Å². The van der Waals surface area contributed by atoms with Crippen LogP contribution >= 0.6 is 0 Å². The molecule has 138 valence electrons. The molecule has 1 aliphatic rings. The van der Waals surface area contributed by atoms with Gasteiger partial charge in [-0.1, -0.05) is 12.1 Å². The number of carbonyl (C=O) groups excluding carboxylic acids is 1. The SMILES string of the molecule is O=C(NC1CC1)c1ccc(NS(=O)(=O)c2ccccc2C(F)(F)F)cc1. The van der Waals surface area contributed by atoms with E-state index in [0.717, 1.165) is 25.0 Å². The Hall–Kier alpha value is -2.55. The molecule has 0 heterocycles. The second-order valence-electron chi connectivity index (χ2n) is 5.92. The fourth-order valence-electron chi connectivity index (χ4n) is 2.33. The second kappa shape index (κ2) is 6.64. The van der Waals surface area contributed by atoms with Crippen molar-refractivity contribution in [1.29, 1.82) is 0 Å². The number of halogens is 3. The number of sulfonamides is 1. The number of carbonyl (C=O) groups is 1. The molecule has 1 amide bonds. The molecule has 1 aliphatic carbocycles. The first-order valence-corrected chi connectivity index (χ1v) is 9.25. The van der Waals surface area contributed by atoms with Crippen molar-refractivity contribution in [1.82, 2.24) is 5.32 Å². The Kier molecular flexibility index (Phi) is 4.66. The molecule has 0 aliphatic heterocycles. The maximum Gasteiger partial charge on any atom is 0.417 e. The Morgan fingerprint density at radius 2 is 1.62 bits per heavy atom. The van der Waals surface area contributed by atoms with Crippen LogP contribution in [0.25, 0.3) is 0 Å². The Labute approximate surface area is 148 Å². The average Bonchev–Trinajstić information content (AvgIpc) is 3.38. The van der Waals surface area contributed by atoms with Crippen LogP contribution in [0.5, 0.6) is 0 Å². The van der Waals surface area contributed by atoms with E-state index in [-0.39, 0.29) is 17.6 Å². The van der Waals surface area contributed by atoms with Gasteiger partial charge in [-0.3, -0.25) is 9.52 Å². The summed E-state index contributed by atoms with van der Waals surface area (Å²) in [5, 5.41) is 2.79. The third-order valence-corrected chi connectivity index (χ3v) is 5.23. The molecule has 1 saturated carbocycles. The summed E-state index contributed by atoms with van der Waals surface area (Å²) in [6, 6.07) is 9.59. The molecular formula is C17H15F3N2O3S. The molecule has 0 spiro atoms. The lowest BCUT2D eigenvalue weighted by Crippen LogP contribution is -2.25. The Bertz CT molecular complexity index is 921. The predicted molar refractivity (Wildman–Crippen MR) is 89.2 cm³/mol. The molecular weight excluding hydrogens is 369 g/mol. The lowest BCUT2D eigenvalue weighted by atomic mass is 10.2. The number of rotatable bonds is 5. The highest BCUT2D eigenvalue weighted by molar-refractivity contribution is 7.92. The third-order valence-electron chi connectivity index (χ3n) is 3.79. The Balaban J connectivity index is 1.81. The molecule has 5 nitrogen and oxygen atoms in total. The summed E-state index contributed by atoms with van der Waals surface area (Å²) in [5.41, 5.74) is -0.839. The van der Waals surface area contributed by atoms with E-state index in [9.17, 15) is 26.4 Å². The minimum Gasteiger partial charge on any atom is -0.349 e. The van der Waals surface area contributed by atoms with Crippen LogP contribution in [0.15, 0.2) is 53.4 Å². The number of anilines is 1. The van der Waals surface area contributed by atoms with Crippen LogP contribution < -0.4 is 10.0 Å². The van der Waals surface area contributed by atoms with Crippen molar-refractivity contribution in [3.05, 3.63) is 59.7 Å². The van der Waals surface area contributed by atoms with Crippen LogP contribution in [0.1, 0.15) is 28.8 Å². The van der Waals surface area contributed by atoms with Gasteiger partial charge in [-0.25, -0.2) is 8.42 Å². The van der Waals surface area contributed by atoms with Crippen molar-refractivity contribution in [3.8, 4) is 0 Å². The van der Waals surface area contributed by atoms with Crippen LogP contribution in [0.3, 0.4) is 0 Å². The molecule has 26 heavy (non-hydrogen) atoms. The number of benzene rings is 2. The van der Waals surface area contributed by atoms with E-state index < -0.39 is 26.7 Å². The largest absolute Gasteiger partial charge is 0.417 e. The van der Waals surface area contributed by atoms with Crippen LogP contribution in [0.4, 0.5) is 18.9 Å². The summed E-state index contributed by atoms with van der Waals surface area (Å²) < 4.78 is 65.9. The maximum atomic E-state index is 13.0. The topological polar surface area (TPSA) is 75.3 Å². The molecule has 0 aromatic heterocycles. The van der Waals surface area contributed by atoms with Gasteiger partial charge in [-0.2, -0.15) is 13.2 Å². The van der Waals surface area contributed by atoms with Gasteiger partial charge >= 0.3 is 6.18 Å². The van der Waals surface area contributed by atoms with Crippen molar-refractivity contribution >= 4 is 21.6 Å². The fraction of sp³-hybridized carbons (Fsp3) is 0.235. The summed E-state index contributed by atoms with van der Waals surface area (Å²) >= 11 is 0. The summed E-state index contributed by atoms with van der Waals surface area (Å²) in [4.78, 5) is 11.0. The molecule has 2 N–H and O–H groups in total. The zero-order valence-corrected chi connectivity index (χ0v) is 14.2. The average molecular weight is 384 g/mol. The number of amides is 1. The first-order valence-electron chi connectivity index (χ1n) is 7.77. The highest BCUT2D eigenvalue weighted by Crippen LogP contribution is 2.34. The van der Waals surface area contributed by atoms with E-state index >= 15 is 0 Å². The number of alkyl halides is 3. The molecule has 0 saturated heterocycles. The van der Waals surface area contributed by atoms with Crippen molar-refractivity contribution in [2.45, 2.75) is 30.0 Å². The van der Waals surface area contributed by atoms with E-state index in [1.165, 1.54) is 30.3 Å². The van der Waals surface area contributed by atoms with Crippen molar-refractivity contribution < 1.29 is 26.4 Å². The number of nitrogens with one attached hydrogen (secondary N) is 2. The van der Waals surface area contributed by atoms with Gasteiger partial charge in [0.25, 0.3) is 15.9 Å². The van der Waals surface area contributed by atoms with Crippen molar-refractivity contribution in [3.63, 3.8) is 0 Å². The van der Waals surface area contributed by atoms with Crippen LogP contribution in [-0.4, -0.2) is 20.4 Å². The van der Waals surface area contributed by atoms with E-state index in [1.807, 2.05) is 0 Å². The first-order chi connectivity index (χ1) is 12.2. The predicted octanol–water partition coefficient (Wildman–Crippen LogP) is 3.40. The highest BCUT2D eigenvalue weighted by Gasteiger charge is 2.36. The smallest absolute Gasteiger partial charge is 0.349 e. The molecule has 1 fully saturated rings. The van der Waals surface area contributed by atoms with E-state index in [0.29, 0.717) is 11.6 Å². The van der Waals surface area contributed by atoms with Crippen molar-refractivity contribution in [2.24, 2.45) is 0 Å². The van der Waals surface area contributed by atoms with Crippen LogP contribution in [0.2, 0.25) is 0 Å². The summed E-state index contributed by atoms with van der Waals surface area (Å²) in [6.07, 6.45) is -2.93. The molecule has 0 radical (unpaired) electrons. The molecule has 2 aromatic carbocycles. The standard InChI is InChI=1S/C17H15F3N2O3S/c18-17(19,20)14-3-1-2-4-15(14)26(24,25)22-13-7-5-11(6-8-13)16(23)21-12-9-10-12/h1-8,12,22H,9-10H2,(H,21,23). The summed E-state index contributed by atoms with van der Waals surface area (Å²) in [5.74, 6) is -0.274. The lowest BCUT2D eigenvalue weighted by molar-refractivity contribution is -0.139. The molecule has 3 rings (SSSR count). The molecule has 0 atom stereocenters. The van der Waals surface area contributed by atoms with Crippen LogP contribution in [0, 0.1) is 0 Å². The highest BCUT2D eigenvalue weighted by atomic mass is 32.2. The zero-order valence-electron chi connectivity index (χ0n) is 13.4. The van der Waals surface area contributed by atoms with E-state index in [4.69, 9.17) is 0 Å². The van der Waals surface area contributed by atoms with Gasteiger partial charge in [0.1, 0.15) is 0 Å². The van der Waals surface area contributed by atoms with Gasteiger partial charge < -0.3 is 5.32 Å². The van der Waals surface area contributed by atoms with Gasteiger partial charge in [-0.05, 0) is 49.2 Å².